The average Bonchev–Trinajstić information content (AvgIpc) is 3.31. The summed E-state index contributed by atoms with van der Waals surface area (Å²) in [6.45, 7) is 2.97. The molecule has 2 aliphatic heterocycles. The molecule has 2 aliphatic rings. The minimum absolute atomic E-state index is 0.140. The minimum Gasteiger partial charge on any atom is -0.379 e. The molecule has 0 radical (unpaired) electrons. The zero-order valence-electron chi connectivity index (χ0n) is 14.9. The van der Waals surface area contributed by atoms with Crippen LogP contribution in [0.3, 0.4) is 0 Å². The molecule has 0 saturated carbocycles. The Labute approximate surface area is 151 Å². The van der Waals surface area contributed by atoms with Gasteiger partial charge in [0.25, 0.3) is 0 Å². The van der Waals surface area contributed by atoms with Crippen LogP contribution in [0.2, 0.25) is 0 Å². The van der Waals surface area contributed by atoms with Crippen molar-refractivity contribution in [1.29, 1.82) is 0 Å². The summed E-state index contributed by atoms with van der Waals surface area (Å²) < 4.78 is 15.0. The number of anilines is 1. The fourth-order valence-electron chi connectivity index (χ4n) is 3.52. The van der Waals surface area contributed by atoms with Gasteiger partial charge in [0.15, 0.2) is 0 Å². The Balaban J connectivity index is 1.42. The van der Waals surface area contributed by atoms with Crippen LogP contribution in [0, 0.1) is 0 Å². The topological polar surface area (TPSA) is 86.4 Å². The van der Waals surface area contributed by atoms with Crippen LogP contribution < -0.4 is 5.32 Å². The molecule has 0 bridgehead atoms. The van der Waals surface area contributed by atoms with Crippen molar-refractivity contribution in [2.45, 2.75) is 25.0 Å². The van der Waals surface area contributed by atoms with Crippen LogP contribution in [-0.2, 0) is 16.5 Å². The zero-order chi connectivity index (χ0) is 17.9. The number of ether oxygens (including phenoxy) is 2. The summed E-state index contributed by atoms with van der Waals surface area (Å²) in [5.74, 6) is 0.703. The van der Waals surface area contributed by atoms with E-state index in [0.717, 1.165) is 25.1 Å². The van der Waals surface area contributed by atoms with Crippen LogP contribution >= 0.6 is 0 Å². The van der Waals surface area contributed by atoms with Gasteiger partial charge in [-0.1, -0.05) is 0 Å². The summed E-state index contributed by atoms with van der Waals surface area (Å²) in [6.07, 6.45) is 5.29. The first-order valence-corrected chi connectivity index (χ1v) is 8.99. The van der Waals surface area contributed by atoms with Crippen molar-refractivity contribution in [2.75, 3.05) is 38.2 Å². The summed E-state index contributed by atoms with van der Waals surface area (Å²) >= 11 is 0. The maximum Gasteiger partial charge on any atom is 0.323 e. The third-order valence-corrected chi connectivity index (χ3v) is 4.93. The summed E-state index contributed by atoms with van der Waals surface area (Å²) in [4.78, 5) is 14.5. The van der Waals surface area contributed by atoms with E-state index in [1.54, 1.807) is 22.0 Å². The second-order valence-corrected chi connectivity index (χ2v) is 6.65. The number of aryl methyl sites for hydroxylation is 1. The molecule has 2 saturated heterocycles. The quantitative estimate of drug-likeness (QED) is 0.898. The van der Waals surface area contributed by atoms with E-state index < -0.39 is 0 Å². The van der Waals surface area contributed by atoms with Gasteiger partial charge in [0.1, 0.15) is 11.9 Å². The molecule has 140 valence electrons. The molecule has 26 heavy (non-hydrogen) atoms. The van der Waals surface area contributed by atoms with E-state index in [-0.39, 0.29) is 18.2 Å². The van der Waals surface area contributed by atoms with E-state index in [1.165, 1.54) is 0 Å². The Kier molecular flexibility index (Phi) is 4.89. The normalized spacial score (nSPS) is 23.8. The number of nitrogens with one attached hydrogen (secondary N) is 1. The molecule has 2 amide bonds. The molecule has 2 atom stereocenters. The third-order valence-electron chi connectivity index (χ3n) is 4.93. The average molecular weight is 360 g/mol. The van der Waals surface area contributed by atoms with Crippen LogP contribution in [-0.4, -0.2) is 63.4 Å². The fourth-order valence-corrected chi connectivity index (χ4v) is 3.52. The smallest absolute Gasteiger partial charge is 0.323 e. The van der Waals surface area contributed by atoms with E-state index in [1.807, 2.05) is 23.9 Å². The zero-order valence-corrected chi connectivity index (χ0v) is 14.9. The van der Waals surface area contributed by atoms with Gasteiger partial charge in [-0.15, -0.1) is 0 Å². The van der Waals surface area contributed by atoms with E-state index in [0.29, 0.717) is 32.1 Å². The summed E-state index contributed by atoms with van der Waals surface area (Å²) in [5, 5.41) is 11.5. The van der Waals surface area contributed by atoms with Crippen molar-refractivity contribution in [3.8, 4) is 0 Å². The maximum atomic E-state index is 12.8. The lowest BCUT2D eigenvalue weighted by molar-refractivity contribution is -0.0176. The predicted molar refractivity (Wildman–Crippen MR) is 93.8 cm³/mol. The number of carbonyl (C=O) groups excluding carboxylic acids is 1. The molecule has 9 heteroatoms. The molecule has 0 spiro atoms. The number of aromatic nitrogens is 4. The van der Waals surface area contributed by atoms with Crippen molar-refractivity contribution in [3.05, 3.63) is 30.2 Å². The first-order valence-electron chi connectivity index (χ1n) is 8.99. The van der Waals surface area contributed by atoms with Crippen molar-refractivity contribution in [3.63, 3.8) is 0 Å². The number of nitrogens with zero attached hydrogens (tertiary/aromatic N) is 5. The van der Waals surface area contributed by atoms with Crippen molar-refractivity contribution in [2.24, 2.45) is 7.05 Å². The van der Waals surface area contributed by atoms with E-state index >= 15 is 0 Å². The Morgan fingerprint density at radius 3 is 2.92 bits per heavy atom. The van der Waals surface area contributed by atoms with E-state index in [4.69, 9.17) is 9.47 Å². The SMILES string of the molecule is Cn1nccc1C1CN(C(=O)Nc2ccnn2C2CCCOC2)CCO1. The van der Waals surface area contributed by atoms with Crippen LogP contribution in [0.1, 0.15) is 30.7 Å². The number of morpholine rings is 1. The number of amides is 2. The van der Waals surface area contributed by atoms with Gasteiger partial charge < -0.3 is 14.4 Å². The minimum atomic E-state index is -0.168. The highest BCUT2D eigenvalue weighted by atomic mass is 16.5. The molecular formula is C17H24N6O3. The van der Waals surface area contributed by atoms with Gasteiger partial charge in [-0.25, -0.2) is 9.48 Å². The molecule has 4 rings (SSSR count). The van der Waals surface area contributed by atoms with Crippen LogP contribution in [0.4, 0.5) is 10.6 Å². The van der Waals surface area contributed by atoms with Crippen LogP contribution in [0.15, 0.2) is 24.5 Å². The molecule has 2 aromatic heterocycles. The lowest BCUT2D eigenvalue weighted by Gasteiger charge is -2.33. The van der Waals surface area contributed by atoms with Crippen molar-refractivity contribution >= 4 is 11.8 Å². The molecular weight excluding hydrogens is 336 g/mol. The number of urea groups is 1. The van der Waals surface area contributed by atoms with Gasteiger partial charge in [0.2, 0.25) is 0 Å². The number of carbonyl (C=O) groups is 1. The first-order chi connectivity index (χ1) is 12.7. The predicted octanol–water partition coefficient (Wildman–Crippen LogP) is 1.57. The second-order valence-electron chi connectivity index (χ2n) is 6.65. The third kappa shape index (κ3) is 3.45. The summed E-state index contributed by atoms with van der Waals surface area (Å²) in [5.41, 5.74) is 0.965. The van der Waals surface area contributed by atoms with Gasteiger partial charge in [-0.3, -0.25) is 10.00 Å². The lowest BCUT2D eigenvalue weighted by atomic mass is 10.1. The van der Waals surface area contributed by atoms with Crippen LogP contribution in [0.25, 0.3) is 0 Å². The Hall–Kier alpha value is -2.39. The van der Waals surface area contributed by atoms with Crippen molar-refractivity contribution in [1.82, 2.24) is 24.5 Å². The molecule has 2 fully saturated rings. The Morgan fingerprint density at radius 1 is 1.27 bits per heavy atom. The molecule has 0 aliphatic carbocycles. The monoisotopic (exact) mass is 360 g/mol. The van der Waals surface area contributed by atoms with Gasteiger partial charge in [-0.2, -0.15) is 10.2 Å². The molecule has 0 aromatic carbocycles. The summed E-state index contributed by atoms with van der Waals surface area (Å²) in [7, 11) is 1.88. The Morgan fingerprint density at radius 2 is 2.15 bits per heavy atom. The number of hydrogen-bond donors (Lipinski definition) is 1. The first kappa shape index (κ1) is 17.0. The fraction of sp³-hybridized carbons (Fsp3) is 0.588. The van der Waals surface area contributed by atoms with Gasteiger partial charge in [0.05, 0.1) is 37.7 Å². The molecule has 2 unspecified atom stereocenters. The highest BCUT2D eigenvalue weighted by molar-refractivity contribution is 5.88. The van der Waals surface area contributed by atoms with Gasteiger partial charge in [0, 0.05) is 32.5 Å². The molecule has 4 heterocycles. The number of hydrogen-bond acceptors (Lipinski definition) is 5. The van der Waals surface area contributed by atoms with Gasteiger partial charge >= 0.3 is 6.03 Å². The molecule has 2 aromatic rings. The standard InChI is InChI=1S/C17H24N6O3/c1-21-14(4-6-18-21)15-11-22(8-10-26-15)17(24)20-16-5-7-19-23(16)13-3-2-9-25-12-13/h4-7,13,15H,2-3,8-12H2,1H3,(H,20,24). The Bertz CT molecular complexity index is 751. The number of rotatable bonds is 3. The highest BCUT2D eigenvalue weighted by Gasteiger charge is 2.28. The summed E-state index contributed by atoms with van der Waals surface area (Å²) in [6, 6.07) is 3.77. The highest BCUT2D eigenvalue weighted by Crippen LogP contribution is 2.24. The molecule has 1 N–H and O–H groups in total. The van der Waals surface area contributed by atoms with Crippen molar-refractivity contribution < 1.29 is 14.3 Å². The second kappa shape index (κ2) is 7.46. The van der Waals surface area contributed by atoms with Gasteiger partial charge in [-0.05, 0) is 18.9 Å². The molecule has 9 nitrogen and oxygen atoms in total. The maximum absolute atomic E-state index is 12.8. The van der Waals surface area contributed by atoms with Crippen LogP contribution in [0.5, 0.6) is 0 Å². The largest absolute Gasteiger partial charge is 0.379 e. The van der Waals surface area contributed by atoms with E-state index in [2.05, 4.69) is 15.5 Å². The van der Waals surface area contributed by atoms with E-state index in [9.17, 15) is 4.79 Å². The lowest BCUT2D eigenvalue weighted by Crippen LogP contribution is -2.45.